The molecule has 1 atom stereocenters. The van der Waals surface area contributed by atoms with Crippen LogP contribution in [0, 0.1) is 10.1 Å². The van der Waals surface area contributed by atoms with Crippen LogP contribution < -0.4 is 10.6 Å². The summed E-state index contributed by atoms with van der Waals surface area (Å²) in [5.41, 5.74) is 2.28. The van der Waals surface area contributed by atoms with Crippen molar-refractivity contribution in [2.75, 3.05) is 20.3 Å². The second kappa shape index (κ2) is 13.0. The van der Waals surface area contributed by atoms with Crippen LogP contribution in [0.1, 0.15) is 29.0 Å². The SMILES string of the molecule is COCCCNC(=O)[C@H](Cc1ccc([N+](=O)[O-])cc1)NC(=O)C(c1ccccc1)c1ccccc1. The third-order valence-corrected chi connectivity index (χ3v) is 5.57. The molecule has 0 saturated carbocycles. The summed E-state index contributed by atoms with van der Waals surface area (Å²) >= 11 is 0. The minimum absolute atomic E-state index is 0.0356. The average Bonchev–Trinajstić information content (AvgIpc) is 2.88. The fourth-order valence-corrected chi connectivity index (χ4v) is 3.79. The van der Waals surface area contributed by atoms with E-state index in [1.165, 1.54) is 12.1 Å². The van der Waals surface area contributed by atoms with Crippen molar-refractivity contribution < 1.29 is 19.2 Å². The third kappa shape index (κ3) is 7.48. The van der Waals surface area contributed by atoms with Crippen LogP contribution in [0.2, 0.25) is 0 Å². The number of nitro benzene ring substituents is 1. The van der Waals surface area contributed by atoms with Crippen molar-refractivity contribution in [3.05, 3.63) is 112 Å². The maximum Gasteiger partial charge on any atom is 0.269 e. The molecule has 182 valence electrons. The molecule has 3 aromatic carbocycles. The van der Waals surface area contributed by atoms with Gasteiger partial charge in [-0.05, 0) is 23.1 Å². The van der Waals surface area contributed by atoms with Crippen molar-refractivity contribution >= 4 is 17.5 Å². The normalized spacial score (nSPS) is 11.6. The number of non-ortho nitro benzene ring substituents is 1. The molecule has 0 spiro atoms. The number of hydrogen-bond acceptors (Lipinski definition) is 5. The van der Waals surface area contributed by atoms with E-state index in [0.29, 0.717) is 25.1 Å². The molecule has 2 N–H and O–H groups in total. The van der Waals surface area contributed by atoms with Crippen molar-refractivity contribution in [3.8, 4) is 0 Å². The van der Waals surface area contributed by atoms with Gasteiger partial charge in [0.15, 0.2) is 0 Å². The summed E-state index contributed by atoms with van der Waals surface area (Å²) in [6.07, 6.45) is 0.827. The number of benzene rings is 3. The highest BCUT2D eigenvalue weighted by Gasteiger charge is 2.28. The first-order chi connectivity index (χ1) is 17.0. The highest BCUT2D eigenvalue weighted by atomic mass is 16.6. The van der Waals surface area contributed by atoms with Crippen molar-refractivity contribution in [2.24, 2.45) is 0 Å². The summed E-state index contributed by atoms with van der Waals surface area (Å²) in [5.74, 6) is -1.23. The Morgan fingerprint density at radius 1 is 0.886 bits per heavy atom. The number of methoxy groups -OCH3 is 1. The van der Waals surface area contributed by atoms with Crippen LogP contribution in [0.3, 0.4) is 0 Å². The van der Waals surface area contributed by atoms with E-state index in [4.69, 9.17) is 4.74 Å². The van der Waals surface area contributed by atoms with Crippen LogP contribution in [-0.4, -0.2) is 43.0 Å². The Kier molecular flexibility index (Phi) is 9.50. The number of amides is 2. The summed E-state index contributed by atoms with van der Waals surface area (Å²) in [6, 6.07) is 23.9. The first-order valence-corrected chi connectivity index (χ1v) is 11.4. The molecular formula is C27H29N3O5. The van der Waals surface area contributed by atoms with Gasteiger partial charge in [-0.3, -0.25) is 19.7 Å². The van der Waals surface area contributed by atoms with Crippen LogP contribution in [-0.2, 0) is 20.7 Å². The summed E-state index contributed by atoms with van der Waals surface area (Å²) < 4.78 is 5.03. The number of carbonyl (C=O) groups is 2. The van der Waals surface area contributed by atoms with E-state index in [9.17, 15) is 19.7 Å². The number of nitrogens with zero attached hydrogens (tertiary/aromatic N) is 1. The topological polar surface area (TPSA) is 111 Å². The smallest absolute Gasteiger partial charge is 0.269 e. The second-order valence-corrected chi connectivity index (χ2v) is 8.08. The van der Waals surface area contributed by atoms with Crippen LogP contribution >= 0.6 is 0 Å². The molecular weight excluding hydrogens is 446 g/mol. The minimum atomic E-state index is -0.860. The molecule has 0 bridgehead atoms. The molecule has 0 aromatic heterocycles. The molecule has 8 nitrogen and oxygen atoms in total. The zero-order chi connectivity index (χ0) is 25.0. The predicted octanol–water partition coefficient (Wildman–Crippen LogP) is 3.61. The number of carbonyl (C=O) groups excluding carboxylic acids is 2. The molecule has 3 rings (SSSR count). The Balaban J connectivity index is 1.84. The summed E-state index contributed by atoms with van der Waals surface area (Å²) in [7, 11) is 1.59. The van der Waals surface area contributed by atoms with E-state index in [1.54, 1.807) is 19.2 Å². The lowest BCUT2D eigenvalue weighted by Crippen LogP contribution is -2.49. The van der Waals surface area contributed by atoms with Crippen molar-refractivity contribution in [3.63, 3.8) is 0 Å². The molecule has 2 amide bonds. The molecule has 0 aliphatic rings. The minimum Gasteiger partial charge on any atom is -0.385 e. The van der Waals surface area contributed by atoms with Gasteiger partial charge in [0.25, 0.3) is 5.69 Å². The summed E-state index contributed by atoms with van der Waals surface area (Å²) in [4.78, 5) is 37.1. The monoisotopic (exact) mass is 475 g/mol. The zero-order valence-electron chi connectivity index (χ0n) is 19.6. The number of hydrogen-bond donors (Lipinski definition) is 2. The van der Waals surface area contributed by atoms with Gasteiger partial charge in [-0.1, -0.05) is 72.8 Å². The zero-order valence-corrected chi connectivity index (χ0v) is 19.6. The fourth-order valence-electron chi connectivity index (χ4n) is 3.79. The molecule has 0 heterocycles. The Labute approximate surface area is 204 Å². The van der Waals surface area contributed by atoms with E-state index < -0.39 is 16.9 Å². The molecule has 0 aliphatic heterocycles. The highest BCUT2D eigenvalue weighted by molar-refractivity contribution is 5.92. The van der Waals surface area contributed by atoms with Gasteiger partial charge in [0.2, 0.25) is 11.8 Å². The third-order valence-electron chi connectivity index (χ3n) is 5.57. The summed E-state index contributed by atoms with van der Waals surface area (Å²) in [5, 5.41) is 16.8. The molecule has 3 aromatic rings. The van der Waals surface area contributed by atoms with E-state index in [1.807, 2.05) is 60.7 Å². The lowest BCUT2D eigenvalue weighted by Gasteiger charge is -2.23. The fraction of sp³-hybridized carbons (Fsp3) is 0.259. The lowest BCUT2D eigenvalue weighted by molar-refractivity contribution is -0.384. The van der Waals surface area contributed by atoms with Crippen LogP contribution in [0.25, 0.3) is 0 Å². The van der Waals surface area contributed by atoms with Gasteiger partial charge in [-0.2, -0.15) is 0 Å². The van der Waals surface area contributed by atoms with Crippen molar-refractivity contribution in [1.29, 1.82) is 0 Å². The first-order valence-electron chi connectivity index (χ1n) is 11.4. The van der Waals surface area contributed by atoms with Crippen LogP contribution in [0.15, 0.2) is 84.9 Å². The van der Waals surface area contributed by atoms with Gasteiger partial charge in [0, 0.05) is 38.8 Å². The Morgan fingerprint density at radius 2 is 1.46 bits per heavy atom. The molecule has 0 saturated heterocycles. The lowest BCUT2D eigenvalue weighted by atomic mass is 9.90. The molecule has 0 fully saturated rings. The van der Waals surface area contributed by atoms with Crippen molar-refractivity contribution in [2.45, 2.75) is 24.8 Å². The van der Waals surface area contributed by atoms with Gasteiger partial charge >= 0.3 is 0 Å². The van der Waals surface area contributed by atoms with Gasteiger partial charge in [0.1, 0.15) is 6.04 Å². The van der Waals surface area contributed by atoms with Crippen molar-refractivity contribution in [1.82, 2.24) is 10.6 Å². The Bertz CT molecular complexity index is 1070. The van der Waals surface area contributed by atoms with Gasteiger partial charge in [-0.25, -0.2) is 0 Å². The van der Waals surface area contributed by atoms with Crippen LogP contribution in [0.4, 0.5) is 5.69 Å². The van der Waals surface area contributed by atoms with Gasteiger partial charge in [-0.15, -0.1) is 0 Å². The molecule has 0 aliphatic carbocycles. The van der Waals surface area contributed by atoms with E-state index >= 15 is 0 Å². The number of rotatable bonds is 12. The maximum atomic E-state index is 13.6. The van der Waals surface area contributed by atoms with Crippen LogP contribution in [0.5, 0.6) is 0 Å². The van der Waals surface area contributed by atoms with E-state index in [-0.39, 0.29) is 23.9 Å². The maximum absolute atomic E-state index is 13.6. The standard InChI is InChI=1S/C27H29N3O5/c1-35-18-8-17-28-26(31)24(19-20-13-15-23(16-14-20)30(33)34)29-27(32)25(21-9-4-2-5-10-21)22-11-6-3-7-12-22/h2-7,9-16,24-25H,8,17-19H2,1H3,(H,28,31)(H,29,32)/t24-/m0/s1. The van der Waals surface area contributed by atoms with E-state index in [2.05, 4.69) is 10.6 Å². The van der Waals surface area contributed by atoms with Gasteiger partial charge in [0.05, 0.1) is 10.8 Å². The quantitative estimate of drug-likeness (QED) is 0.236. The second-order valence-electron chi connectivity index (χ2n) is 8.08. The number of nitrogens with one attached hydrogen (secondary N) is 2. The Hall–Kier alpha value is -4.04. The molecule has 35 heavy (non-hydrogen) atoms. The number of ether oxygens (including phenoxy) is 1. The average molecular weight is 476 g/mol. The van der Waals surface area contributed by atoms with Gasteiger partial charge < -0.3 is 15.4 Å². The molecule has 0 unspecified atom stereocenters. The molecule has 0 radical (unpaired) electrons. The molecule has 8 heteroatoms. The largest absolute Gasteiger partial charge is 0.385 e. The van der Waals surface area contributed by atoms with E-state index in [0.717, 1.165) is 11.1 Å². The number of nitro groups is 1. The first kappa shape index (κ1) is 25.6. The Morgan fingerprint density at radius 3 is 1.97 bits per heavy atom. The predicted molar refractivity (Wildman–Crippen MR) is 133 cm³/mol. The highest BCUT2D eigenvalue weighted by Crippen LogP contribution is 2.25. The summed E-state index contributed by atoms with van der Waals surface area (Å²) in [6.45, 7) is 0.907.